The lowest BCUT2D eigenvalue weighted by Crippen LogP contribution is -2.45. The van der Waals surface area contributed by atoms with Gasteiger partial charge in [0, 0.05) is 12.6 Å². The summed E-state index contributed by atoms with van der Waals surface area (Å²) in [4.78, 5) is 14.4. The number of ether oxygens (including phenoxy) is 1. The molecule has 0 spiro atoms. The van der Waals surface area contributed by atoms with Gasteiger partial charge in [-0.1, -0.05) is 0 Å². The Balaban J connectivity index is 1.69. The van der Waals surface area contributed by atoms with E-state index in [-0.39, 0.29) is 12.0 Å². The van der Waals surface area contributed by atoms with Crippen molar-refractivity contribution in [3.8, 4) is 0 Å². The molecular formula is C13H21NO2. The molecule has 3 aliphatic rings. The van der Waals surface area contributed by atoms with Crippen LogP contribution in [0.3, 0.4) is 0 Å². The fourth-order valence-corrected chi connectivity index (χ4v) is 2.63. The maximum absolute atomic E-state index is 11.9. The van der Waals surface area contributed by atoms with Gasteiger partial charge < -0.3 is 4.74 Å². The molecule has 0 aromatic heterocycles. The van der Waals surface area contributed by atoms with Gasteiger partial charge in [-0.2, -0.15) is 0 Å². The third-order valence-corrected chi connectivity index (χ3v) is 4.05. The first-order chi connectivity index (χ1) is 7.79. The maximum Gasteiger partial charge on any atom is 0.323 e. The predicted octanol–water partition coefficient (Wildman–Crippen LogP) is 1.81. The van der Waals surface area contributed by atoms with Crippen molar-refractivity contribution in [2.75, 3.05) is 13.7 Å². The molecule has 16 heavy (non-hydrogen) atoms. The Labute approximate surface area is 97.1 Å². The molecule has 3 rings (SSSR count). The van der Waals surface area contributed by atoms with Crippen molar-refractivity contribution in [3.63, 3.8) is 0 Å². The SMILES string of the molecule is COC(=O)C(C1CC1)N(CC1CC1)C1CC1. The van der Waals surface area contributed by atoms with E-state index in [0.29, 0.717) is 12.0 Å². The fraction of sp³-hybridized carbons (Fsp3) is 0.923. The number of methoxy groups -OCH3 is 1. The Hall–Kier alpha value is -0.570. The Morgan fingerprint density at radius 1 is 1.25 bits per heavy atom. The molecule has 0 N–H and O–H groups in total. The molecule has 0 aromatic rings. The van der Waals surface area contributed by atoms with Crippen LogP contribution in [0.1, 0.15) is 38.5 Å². The van der Waals surface area contributed by atoms with Crippen molar-refractivity contribution >= 4 is 5.97 Å². The second-order valence-electron chi connectivity index (χ2n) is 5.68. The van der Waals surface area contributed by atoms with Crippen LogP contribution in [-0.2, 0) is 9.53 Å². The minimum absolute atomic E-state index is 0.00931. The van der Waals surface area contributed by atoms with E-state index in [1.54, 1.807) is 0 Å². The number of rotatable bonds is 6. The first-order valence-electron chi connectivity index (χ1n) is 6.63. The summed E-state index contributed by atoms with van der Waals surface area (Å²) in [6.07, 6.45) is 7.73. The highest BCUT2D eigenvalue weighted by atomic mass is 16.5. The van der Waals surface area contributed by atoms with Crippen LogP contribution in [0, 0.1) is 11.8 Å². The second kappa shape index (κ2) is 4.02. The highest BCUT2D eigenvalue weighted by Crippen LogP contribution is 2.42. The quantitative estimate of drug-likeness (QED) is 0.643. The molecule has 0 aliphatic heterocycles. The zero-order chi connectivity index (χ0) is 11.1. The van der Waals surface area contributed by atoms with Crippen LogP contribution < -0.4 is 0 Å². The topological polar surface area (TPSA) is 29.5 Å². The summed E-state index contributed by atoms with van der Waals surface area (Å²) in [5.41, 5.74) is 0. The molecule has 90 valence electrons. The van der Waals surface area contributed by atoms with E-state index in [2.05, 4.69) is 4.90 Å². The van der Waals surface area contributed by atoms with E-state index in [9.17, 15) is 4.79 Å². The third-order valence-electron chi connectivity index (χ3n) is 4.05. The summed E-state index contributed by atoms with van der Waals surface area (Å²) in [5, 5.41) is 0. The van der Waals surface area contributed by atoms with Gasteiger partial charge >= 0.3 is 5.97 Å². The summed E-state index contributed by atoms with van der Waals surface area (Å²) >= 11 is 0. The number of carbonyl (C=O) groups is 1. The molecule has 0 heterocycles. The third kappa shape index (κ3) is 2.24. The lowest BCUT2D eigenvalue weighted by Gasteiger charge is -2.30. The number of hydrogen-bond acceptors (Lipinski definition) is 3. The van der Waals surface area contributed by atoms with Crippen LogP contribution in [-0.4, -0.2) is 36.6 Å². The van der Waals surface area contributed by atoms with Gasteiger partial charge in [0.05, 0.1) is 7.11 Å². The summed E-state index contributed by atoms with van der Waals surface area (Å²) in [6.45, 7) is 1.14. The van der Waals surface area contributed by atoms with Gasteiger partial charge in [-0.25, -0.2) is 0 Å². The molecule has 1 unspecified atom stereocenters. The van der Waals surface area contributed by atoms with Gasteiger partial charge in [-0.3, -0.25) is 9.69 Å². The van der Waals surface area contributed by atoms with E-state index in [0.717, 1.165) is 12.5 Å². The van der Waals surface area contributed by atoms with Crippen LogP contribution in [0.4, 0.5) is 0 Å². The van der Waals surface area contributed by atoms with Crippen molar-refractivity contribution < 1.29 is 9.53 Å². The van der Waals surface area contributed by atoms with Gasteiger partial charge in [-0.15, -0.1) is 0 Å². The van der Waals surface area contributed by atoms with Crippen molar-refractivity contribution in [1.82, 2.24) is 4.90 Å². The molecular weight excluding hydrogens is 202 g/mol. The summed E-state index contributed by atoms with van der Waals surface area (Å²) in [5.74, 6) is 1.47. The first kappa shape index (κ1) is 10.6. The van der Waals surface area contributed by atoms with Crippen LogP contribution in [0.5, 0.6) is 0 Å². The van der Waals surface area contributed by atoms with Crippen LogP contribution in [0.15, 0.2) is 0 Å². The van der Waals surface area contributed by atoms with E-state index in [1.807, 2.05) is 0 Å². The second-order valence-corrected chi connectivity index (χ2v) is 5.68. The average molecular weight is 223 g/mol. The Bertz CT molecular complexity index is 280. The number of hydrogen-bond donors (Lipinski definition) is 0. The monoisotopic (exact) mass is 223 g/mol. The standard InChI is InChI=1S/C13H21NO2/c1-16-13(15)12(10-4-5-10)14(11-6-7-11)8-9-2-3-9/h9-12H,2-8H2,1H3. The maximum atomic E-state index is 11.9. The summed E-state index contributed by atoms with van der Waals surface area (Å²) in [6, 6.07) is 0.767. The highest BCUT2D eigenvalue weighted by molar-refractivity contribution is 5.76. The molecule has 3 saturated carbocycles. The Morgan fingerprint density at radius 3 is 2.38 bits per heavy atom. The van der Waals surface area contributed by atoms with Gasteiger partial charge in [0.15, 0.2) is 0 Å². The van der Waals surface area contributed by atoms with Crippen molar-refractivity contribution in [3.05, 3.63) is 0 Å². The number of carbonyl (C=O) groups excluding carboxylic acids is 1. The molecule has 0 amide bonds. The highest BCUT2D eigenvalue weighted by Gasteiger charge is 2.47. The zero-order valence-electron chi connectivity index (χ0n) is 10.0. The normalized spacial score (nSPS) is 26.9. The lowest BCUT2D eigenvalue weighted by atomic mass is 10.1. The first-order valence-corrected chi connectivity index (χ1v) is 6.63. The molecule has 3 nitrogen and oxygen atoms in total. The molecule has 3 fully saturated rings. The lowest BCUT2D eigenvalue weighted by molar-refractivity contribution is -0.148. The molecule has 0 aromatic carbocycles. The molecule has 0 bridgehead atoms. The largest absolute Gasteiger partial charge is 0.468 e. The van der Waals surface area contributed by atoms with Crippen molar-refractivity contribution in [1.29, 1.82) is 0 Å². The molecule has 1 atom stereocenters. The zero-order valence-corrected chi connectivity index (χ0v) is 10.0. The average Bonchev–Trinajstić information content (AvgIpc) is 3.15. The van der Waals surface area contributed by atoms with Crippen molar-refractivity contribution in [2.45, 2.75) is 50.6 Å². The van der Waals surface area contributed by atoms with Crippen LogP contribution in [0.2, 0.25) is 0 Å². The fourth-order valence-electron chi connectivity index (χ4n) is 2.63. The molecule has 3 heteroatoms. The van der Waals surface area contributed by atoms with E-state index in [4.69, 9.17) is 4.74 Å². The van der Waals surface area contributed by atoms with E-state index < -0.39 is 0 Å². The number of nitrogens with zero attached hydrogens (tertiary/aromatic N) is 1. The smallest absolute Gasteiger partial charge is 0.323 e. The van der Waals surface area contributed by atoms with Gasteiger partial charge in [0.25, 0.3) is 0 Å². The predicted molar refractivity (Wildman–Crippen MR) is 61.0 cm³/mol. The van der Waals surface area contributed by atoms with Crippen LogP contribution in [0.25, 0.3) is 0 Å². The molecule has 0 saturated heterocycles. The minimum Gasteiger partial charge on any atom is -0.468 e. The van der Waals surface area contributed by atoms with E-state index in [1.165, 1.54) is 45.6 Å². The Kier molecular flexibility index (Phi) is 2.66. The summed E-state index contributed by atoms with van der Waals surface area (Å²) < 4.78 is 4.99. The van der Waals surface area contributed by atoms with Crippen LogP contribution >= 0.6 is 0 Å². The van der Waals surface area contributed by atoms with Gasteiger partial charge in [0.1, 0.15) is 6.04 Å². The summed E-state index contributed by atoms with van der Waals surface area (Å²) in [7, 11) is 1.53. The minimum atomic E-state index is 0.00931. The molecule has 3 aliphatic carbocycles. The number of esters is 1. The van der Waals surface area contributed by atoms with Crippen molar-refractivity contribution in [2.24, 2.45) is 11.8 Å². The van der Waals surface area contributed by atoms with E-state index >= 15 is 0 Å². The Morgan fingerprint density at radius 2 is 1.94 bits per heavy atom. The van der Waals surface area contributed by atoms with Gasteiger partial charge in [-0.05, 0) is 50.4 Å². The van der Waals surface area contributed by atoms with Gasteiger partial charge in [0.2, 0.25) is 0 Å². The molecule has 0 radical (unpaired) electrons.